The van der Waals surface area contributed by atoms with E-state index in [1.54, 1.807) is 29.2 Å². The summed E-state index contributed by atoms with van der Waals surface area (Å²) in [4.78, 5) is 14.9. The van der Waals surface area contributed by atoms with Crippen molar-refractivity contribution in [3.05, 3.63) is 131 Å². The molecule has 1 fully saturated rings. The van der Waals surface area contributed by atoms with E-state index in [9.17, 15) is 18.7 Å². The molecule has 4 nitrogen and oxygen atoms in total. The lowest BCUT2D eigenvalue weighted by Crippen LogP contribution is -2.55. The van der Waals surface area contributed by atoms with Crippen LogP contribution in [0.3, 0.4) is 0 Å². The van der Waals surface area contributed by atoms with Gasteiger partial charge in [-0.05, 0) is 78.1 Å². The van der Waals surface area contributed by atoms with Crippen LogP contribution in [0.25, 0.3) is 0 Å². The van der Waals surface area contributed by atoms with Crippen LogP contribution in [0.5, 0.6) is 5.75 Å². The van der Waals surface area contributed by atoms with Crippen LogP contribution in [0.4, 0.5) is 14.5 Å². The predicted octanol–water partition coefficient (Wildman–Crippen LogP) is 6.80. The van der Waals surface area contributed by atoms with E-state index in [0.29, 0.717) is 30.7 Å². The minimum Gasteiger partial charge on any atom is -0.493 e. The van der Waals surface area contributed by atoms with Crippen molar-refractivity contribution >= 4 is 11.6 Å². The number of rotatable bonds is 10. The van der Waals surface area contributed by atoms with Gasteiger partial charge in [-0.1, -0.05) is 54.6 Å². The average molecular weight is 514 g/mol. The molecular formula is C32H29F2NO3. The molecule has 0 spiro atoms. The van der Waals surface area contributed by atoms with Crippen molar-refractivity contribution in [1.82, 2.24) is 0 Å². The molecule has 6 heteroatoms. The molecule has 4 aromatic rings. The number of hydrogen-bond acceptors (Lipinski definition) is 3. The molecule has 1 aliphatic heterocycles. The number of carbonyl (C=O) groups is 1. The summed E-state index contributed by atoms with van der Waals surface area (Å²) in [6.45, 7) is 0.552. The number of anilines is 1. The minimum absolute atomic E-state index is 0.0731. The van der Waals surface area contributed by atoms with Crippen LogP contribution in [0.1, 0.15) is 41.7 Å². The van der Waals surface area contributed by atoms with Gasteiger partial charge in [0.15, 0.2) is 0 Å². The van der Waals surface area contributed by atoms with Crippen LogP contribution in [0, 0.1) is 17.6 Å². The van der Waals surface area contributed by atoms with Gasteiger partial charge in [-0.3, -0.25) is 4.79 Å². The van der Waals surface area contributed by atoms with Crippen LogP contribution in [-0.4, -0.2) is 17.6 Å². The molecule has 38 heavy (non-hydrogen) atoms. The number of hydrogen-bond donors (Lipinski definition) is 1. The highest BCUT2D eigenvalue weighted by Crippen LogP contribution is 2.46. The van der Waals surface area contributed by atoms with Crippen LogP contribution in [-0.2, 0) is 11.2 Å². The first-order valence-electron chi connectivity index (χ1n) is 12.8. The third-order valence-corrected chi connectivity index (χ3v) is 7.05. The molecule has 1 N–H and O–H groups in total. The summed E-state index contributed by atoms with van der Waals surface area (Å²) in [6, 6.07) is 29.2. The van der Waals surface area contributed by atoms with Gasteiger partial charge in [0.2, 0.25) is 5.91 Å². The van der Waals surface area contributed by atoms with Crippen LogP contribution < -0.4 is 9.64 Å². The number of benzene rings is 4. The van der Waals surface area contributed by atoms with Gasteiger partial charge in [-0.15, -0.1) is 0 Å². The van der Waals surface area contributed by atoms with Crippen molar-refractivity contribution < 1.29 is 23.4 Å². The summed E-state index contributed by atoms with van der Waals surface area (Å²) in [5, 5.41) is 10.6. The molecule has 1 heterocycles. The maximum atomic E-state index is 13.5. The fraction of sp³-hybridized carbons (Fsp3) is 0.219. The number of β-lactam (4-membered cyclic amide) rings is 1. The average Bonchev–Trinajstić information content (AvgIpc) is 2.94. The van der Waals surface area contributed by atoms with Crippen molar-refractivity contribution in [3.8, 4) is 5.75 Å². The maximum absolute atomic E-state index is 13.5. The zero-order valence-corrected chi connectivity index (χ0v) is 20.8. The number of carbonyl (C=O) groups excluding carboxylic acids is 1. The molecule has 1 amide bonds. The Hall–Kier alpha value is -4.03. The second-order valence-electron chi connectivity index (χ2n) is 9.53. The number of amides is 1. The smallest absolute Gasteiger partial charge is 0.233 e. The summed E-state index contributed by atoms with van der Waals surface area (Å²) in [5.74, 6) is -0.407. The molecule has 0 unspecified atom stereocenters. The molecule has 1 aliphatic rings. The van der Waals surface area contributed by atoms with Gasteiger partial charge < -0.3 is 14.7 Å². The SMILES string of the molecule is O=C1[C@H](CC[C@H](O)c2ccc(F)cc2)[C@@H](c2ccc(OCCc3ccccc3)cc2)N1c1ccc(F)cc1. The summed E-state index contributed by atoms with van der Waals surface area (Å²) < 4.78 is 32.7. The van der Waals surface area contributed by atoms with Gasteiger partial charge in [-0.25, -0.2) is 8.78 Å². The van der Waals surface area contributed by atoms with Gasteiger partial charge in [-0.2, -0.15) is 0 Å². The van der Waals surface area contributed by atoms with Crippen molar-refractivity contribution in [3.63, 3.8) is 0 Å². The Morgan fingerprint density at radius 1 is 0.816 bits per heavy atom. The number of nitrogens with zero attached hydrogens (tertiary/aromatic N) is 1. The van der Waals surface area contributed by atoms with Gasteiger partial charge in [0.1, 0.15) is 17.4 Å². The zero-order valence-electron chi connectivity index (χ0n) is 20.8. The van der Waals surface area contributed by atoms with Crippen LogP contribution >= 0.6 is 0 Å². The van der Waals surface area contributed by atoms with Crippen molar-refractivity contribution in [2.24, 2.45) is 5.92 Å². The second kappa shape index (κ2) is 11.6. The molecule has 0 saturated carbocycles. The molecule has 5 rings (SSSR count). The molecule has 4 aromatic carbocycles. The van der Waals surface area contributed by atoms with E-state index in [2.05, 4.69) is 12.1 Å². The summed E-state index contributed by atoms with van der Waals surface area (Å²) in [6.07, 6.45) is 0.812. The van der Waals surface area contributed by atoms with Gasteiger partial charge in [0.25, 0.3) is 0 Å². The molecule has 0 radical (unpaired) electrons. The van der Waals surface area contributed by atoms with E-state index in [1.807, 2.05) is 42.5 Å². The van der Waals surface area contributed by atoms with E-state index < -0.39 is 6.10 Å². The number of halogens is 2. The number of aliphatic hydroxyl groups excluding tert-OH is 1. The lowest BCUT2D eigenvalue weighted by molar-refractivity contribution is -0.131. The molecule has 0 aliphatic carbocycles. The Kier molecular flexibility index (Phi) is 7.80. The highest BCUT2D eigenvalue weighted by molar-refractivity contribution is 6.03. The largest absolute Gasteiger partial charge is 0.493 e. The zero-order chi connectivity index (χ0) is 26.5. The first-order valence-corrected chi connectivity index (χ1v) is 12.8. The lowest BCUT2D eigenvalue weighted by Gasteiger charge is -2.48. The quantitative estimate of drug-likeness (QED) is 0.237. The number of aliphatic hydroxyl groups is 1. The first-order chi connectivity index (χ1) is 18.5. The van der Waals surface area contributed by atoms with Crippen molar-refractivity contribution in [1.29, 1.82) is 0 Å². The van der Waals surface area contributed by atoms with E-state index in [1.165, 1.54) is 29.8 Å². The Morgan fingerprint density at radius 2 is 1.45 bits per heavy atom. The fourth-order valence-electron chi connectivity index (χ4n) is 4.98. The van der Waals surface area contributed by atoms with E-state index in [4.69, 9.17) is 4.74 Å². The predicted molar refractivity (Wildman–Crippen MR) is 143 cm³/mol. The standard InChI is InChI=1S/C32H29F2NO3/c33-25-10-6-23(7-11-25)30(36)19-18-29-31(35(32(29)37)27-14-12-26(34)13-15-27)24-8-16-28(17-9-24)38-21-20-22-4-2-1-3-5-22/h1-17,29-31,36H,18-21H2/t29-,30+,31-/m1/s1. The van der Waals surface area contributed by atoms with Crippen LogP contribution in [0.15, 0.2) is 103 Å². The van der Waals surface area contributed by atoms with Crippen LogP contribution in [0.2, 0.25) is 0 Å². The lowest BCUT2D eigenvalue weighted by atomic mass is 9.78. The van der Waals surface area contributed by atoms with Gasteiger partial charge in [0.05, 0.1) is 24.7 Å². The van der Waals surface area contributed by atoms with Gasteiger partial charge in [0, 0.05) is 12.1 Å². The second-order valence-corrected chi connectivity index (χ2v) is 9.53. The fourth-order valence-corrected chi connectivity index (χ4v) is 4.98. The highest BCUT2D eigenvalue weighted by Gasteiger charge is 2.48. The Balaban J connectivity index is 1.29. The molecule has 3 atom stereocenters. The summed E-state index contributed by atoms with van der Waals surface area (Å²) >= 11 is 0. The topological polar surface area (TPSA) is 49.8 Å². The Labute approximate surface area is 221 Å². The van der Waals surface area contributed by atoms with E-state index >= 15 is 0 Å². The Morgan fingerprint density at radius 3 is 2.11 bits per heavy atom. The van der Waals surface area contributed by atoms with Crippen molar-refractivity contribution in [2.75, 3.05) is 11.5 Å². The maximum Gasteiger partial charge on any atom is 0.233 e. The van der Waals surface area contributed by atoms with Gasteiger partial charge >= 0.3 is 0 Å². The molecule has 0 aromatic heterocycles. The third kappa shape index (κ3) is 5.76. The first kappa shape index (κ1) is 25.6. The molecule has 0 bridgehead atoms. The molecule has 194 valence electrons. The van der Waals surface area contributed by atoms with E-state index in [0.717, 1.165) is 17.7 Å². The van der Waals surface area contributed by atoms with E-state index in [-0.39, 0.29) is 29.5 Å². The molecule has 1 saturated heterocycles. The summed E-state index contributed by atoms with van der Waals surface area (Å²) in [5.41, 5.74) is 3.38. The monoisotopic (exact) mass is 513 g/mol. The highest BCUT2D eigenvalue weighted by atomic mass is 19.1. The Bertz CT molecular complexity index is 1340. The summed E-state index contributed by atoms with van der Waals surface area (Å²) in [7, 11) is 0. The minimum atomic E-state index is -0.802. The number of ether oxygens (including phenoxy) is 1. The third-order valence-electron chi connectivity index (χ3n) is 7.05. The normalized spacial score (nSPS) is 17.7. The molecular weight excluding hydrogens is 484 g/mol. The van der Waals surface area contributed by atoms with Crippen molar-refractivity contribution in [2.45, 2.75) is 31.4 Å².